The first-order chi connectivity index (χ1) is 18.2. The van der Waals surface area contributed by atoms with Crippen LogP contribution in [0.3, 0.4) is 0 Å². The molecule has 1 aromatic heterocycles. The van der Waals surface area contributed by atoms with E-state index < -0.39 is 6.10 Å². The van der Waals surface area contributed by atoms with E-state index in [4.69, 9.17) is 23.7 Å². The standard InChI is InChI=1S/C28H26N4O5/c1-33-17-10-11-19(22(14-17)35-3)27-24-25(18-7-5-6-8-20(18)37-27)31-28-29-15-30-32(28)26(24)16-9-12-21(34-2)23(13-16)36-4/h5-15,26-27H,1-4H3,(H,29,30,31)/t26-,27-/m1/s1. The second kappa shape index (κ2) is 9.09. The summed E-state index contributed by atoms with van der Waals surface area (Å²) in [6, 6.07) is 19.2. The Labute approximate surface area is 214 Å². The number of hydrogen-bond donors (Lipinski definition) is 1. The Morgan fingerprint density at radius 2 is 1.65 bits per heavy atom. The maximum Gasteiger partial charge on any atom is 0.226 e. The Kier molecular flexibility index (Phi) is 5.60. The highest BCUT2D eigenvalue weighted by Crippen LogP contribution is 2.52. The molecule has 4 aromatic rings. The Morgan fingerprint density at radius 3 is 2.43 bits per heavy atom. The van der Waals surface area contributed by atoms with E-state index in [0.29, 0.717) is 28.9 Å². The third-order valence-corrected chi connectivity index (χ3v) is 6.77. The molecule has 0 unspecified atom stereocenters. The van der Waals surface area contributed by atoms with Crippen molar-refractivity contribution in [2.24, 2.45) is 0 Å². The normalized spacial score (nSPS) is 17.5. The van der Waals surface area contributed by atoms with Gasteiger partial charge in [0, 0.05) is 22.8 Å². The van der Waals surface area contributed by atoms with E-state index in [1.54, 1.807) is 34.8 Å². The summed E-state index contributed by atoms with van der Waals surface area (Å²) >= 11 is 0. The van der Waals surface area contributed by atoms with Gasteiger partial charge in [0.15, 0.2) is 17.6 Å². The summed E-state index contributed by atoms with van der Waals surface area (Å²) in [4.78, 5) is 4.50. The van der Waals surface area contributed by atoms with Gasteiger partial charge >= 0.3 is 0 Å². The second-order valence-corrected chi connectivity index (χ2v) is 8.60. The second-order valence-electron chi connectivity index (χ2n) is 8.60. The SMILES string of the molecule is COc1ccc([C@H]2Oc3ccccc3C3=C2[C@@H](c2ccc(OC)c(OC)c2)n2ncnc2N3)c(OC)c1. The summed E-state index contributed by atoms with van der Waals surface area (Å²) < 4.78 is 30.9. The first-order valence-electron chi connectivity index (χ1n) is 11.8. The van der Waals surface area contributed by atoms with Gasteiger partial charge in [-0.2, -0.15) is 10.1 Å². The van der Waals surface area contributed by atoms with E-state index in [1.165, 1.54) is 0 Å². The zero-order valence-electron chi connectivity index (χ0n) is 20.9. The molecule has 0 radical (unpaired) electrons. The molecule has 3 aromatic carbocycles. The molecule has 1 N–H and O–H groups in total. The minimum Gasteiger partial charge on any atom is -0.497 e. The monoisotopic (exact) mass is 498 g/mol. The van der Waals surface area contributed by atoms with Gasteiger partial charge in [-0.05, 0) is 42.0 Å². The zero-order valence-corrected chi connectivity index (χ0v) is 20.9. The minimum atomic E-state index is -0.492. The molecule has 6 rings (SSSR count). The molecule has 0 bridgehead atoms. The number of rotatable bonds is 6. The third kappa shape index (κ3) is 3.62. The number of nitrogens with one attached hydrogen (secondary N) is 1. The zero-order chi connectivity index (χ0) is 25.5. The van der Waals surface area contributed by atoms with Crippen molar-refractivity contribution >= 4 is 11.6 Å². The molecule has 0 aliphatic carbocycles. The lowest BCUT2D eigenvalue weighted by molar-refractivity contribution is 0.217. The molecule has 9 heteroatoms. The lowest BCUT2D eigenvalue weighted by atomic mass is 9.84. The molecule has 188 valence electrons. The van der Waals surface area contributed by atoms with E-state index in [0.717, 1.165) is 33.7 Å². The highest BCUT2D eigenvalue weighted by Gasteiger charge is 2.42. The molecule has 9 nitrogen and oxygen atoms in total. The lowest BCUT2D eigenvalue weighted by Gasteiger charge is -2.39. The van der Waals surface area contributed by atoms with Gasteiger partial charge in [0.25, 0.3) is 0 Å². The van der Waals surface area contributed by atoms with E-state index in [9.17, 15) is 0 Å². The minimum absolute atomic E-state index is 0.348. The Hall–Kier alpha value is -4.66. The van der Waals surface area contributed by atoms with E-state index >= 15 is 0 Å². The van der Waals surface area contributed by atoms with Crippen molar-refractivity contribution in [3.63, 3.8) is 0 Å². The predicted molar refractivity (Wildman–Crippen MR) is 138 cm³/mol. The average molecular weight is 499 g/mol. The number of hydrogen-bond acceptors (Lipinski definition) is 8. The molecule has 3 heterocycles. The summed E-state index contributed by atoms with van der Waals surface area (Å²) in [7, 11) is 6.52. The van der Waals surface area contributed by atoms with Crippen LogP contribution in [0.5, 0.6) is 28.7 Å². The van der Waals surface area contributed by atoms with Gasteiger partial charge in [0.2, 0.25) is 5.95 Å². The van der Waals surface area contributed by atoms with Crippen molar-refractivity contribution in [2.75, 3.05) is 33.8 Å². The summed E-state index contributed by atoms with van der Waals surface area (Å²) in [6.07, 6.45) is 1.05. The van der Waals surface area contributed by atoms with E-state index in [-0.39, 0.29) is 6.04 Å². The topological polar surface area (TPSA) is 88.9 Å². The number of nitrogens with zero attached hydrogens (tertiary/aromatic N) is 3. The maximum atomic E-state index is 6.71. The molecule has 2 aliphatic rings. The predicted octanol–water partition coefficient (Wildman–Crippen LogP) is 4.87. The van der Waals surface area contributed by atoms with Crippen LogP contribution in [0, 0.1) is 0 Å². The van der Waals surface area contributed by atoms with Gasteiger partial charge in [-0.3, -0.25) is 0 Å². The van der Waals surface area contributed by atoms with Crippen LogP contribution < -0.4 is 29.0 Å². The van der Waals surface area contributed by atoms with Crippen LogP contribution in [0.4, 0.5) is 5.95 Å². The van der Waals surface area contributed by atoms with Crippen molar-refractivity contribution in [1.29, 1.82) is 0 Å². The highest BCUT2D eigenvalue weighted by atomic mass is 16.5. The molecule has 0 saturated heterocycles. The van der Waals surface area contributed by atoms with Crippen LogP contribution in [0.15, 0.2) is 72.6 Å². The third-order valence-electron chi connectivity index (χ3n) is 6.77. The lowest BCUT2D eigenvalue weighted by Crippen LogP contribution is -2.32. The number of anilines is 1. The van der Waals surface area contributed by atoms with Gasteiger partial charge in [-0.1, -0.05) is 18.2 Å². The molecular formula is C28H26N4O5. The van der Waals surface area contributed by atoms with Gasteiger partial charge in [-0.25, -0.2) is 4.68 Å². The highest BCUT2D eigenvalue weighted by molar-refractivity contribution is 5.85. The van der Waals surface area contributed by atoms with Gasteiger partial charge < -0.3 is 29.0 Å². The molecule has 0 spiro atoms. The number of para-hydroxylation sites is 1. The molecule has 2 aliphatic heterocycles. The largest absolute Gasteiger partial charge is 0.497 e. The van der Waals surface area contributed by atoms with Crippen LogP contribution in [0.1, 0.15) is 28.8 Å². The number of benzene rings is 3. The fourth-order valence-corrected chi connectivity index (χ4v) is 5.05. The molecule has 0 saturated carbocycles. The van der Waals surface area contributed by atoms with Crippen molar-refractivity contribution < 1.29 is 23.7 Å². The number of ether oxygens (including phenoxy) is 5. The van der Waals surface area contributed by atoms with Crippen LogP contribution >= 0.6 is 0 Å². The first kappa shape index (κ1) is 22.8. The molecule has 37 heavy (non-hydrogen) atoms. The van der Waals surface area contributed by atoms with E-state index in [1.807, 2.05) is 65.3 Å². The molecule has 0 amide bonds. The van der Waals surface area contributed by atoms with Gasteiger partial charge in [-0.15, -0.1) is 0 Å². The molecule has 0 fully saturated rings. The van der Waals surface area contributed by atoms with Crippen LogP contribution in [0.2, 0.25) is 0 Å². The Morgan fingerprint density at radius 1 is 0.838 bits per heavy atom. The fraction of sp³-hybridized carbons (Fsp3) is 0.214. The van der Waals surface area contributed by atoms with E-state index in [2.05, 4.69) is 15.4 Å². The van der Waals surface area contributed by atoms with Crippen molar-refractivity contribution in [2.45, 2.75) is 12.1 Å². The summed E-state index contributed by atoms with van der Waals surface area (Å²) in [5.41, 5.74) is 4.64. The smallest absolute Gasteiger partial charge is 0.226 e. The quantitative estimate of drug-likeness (QED) is 0.403. The van der Waals surface area contributed by atoms with Crippen molar-refractivity contribution in [1.82, 2.24) is 14.8 Å². The van der Waals surface area contributed by atoms with Crippen molar-refractivity contribution in [3.8, 4) is 28.7 Å². The summed E-state index contributed by atoms with van der Waals surface area (Å²) in [5, 5.41) is 8.10. The van der Waals surface area contributed by atoms with Crippen molar-refractivity contribution in [3.05, 3.63) is 89.3 Å². The first-order valence-corrected chi connectivity index (χ1v) is 11.8. The molecular weight excluding hydrogens is 472 g/mol. The Balaban J connectivity index is 1.62. The maximum absolute atomic E-state index is 6.71. The summed E-state index contributed by atoms with van der Waals surface area (Å²) in [6.45, 7) is 0. The number of aromatic nitrogens is 3. The van der Waals surface area contributed by atoms with Gasteiger partial charge in [0.1, 0.15) is 29.6 Å². The van der Waals surface area contributed by atoms with Gasteiger partial charge in [0.05, 0.1) is 34.1 Å². The Bertz CT molecular complexity index is 1510. The number of fused-ring (bicyclic) bond motifs is 3. The number of methoxy groups -OCH3 is 4. The van der Waals surface area contributed by atoms with Crippen LogP contribution in [0.25, 0.3) is 5.70 Å². The summed E-state index contributed by atoms with van der Waals surface area (Å²) in [5.74, 6) is 4.02. The van der Waals surface area contributed by atoms with Crippen LogP contribution in [-0.4, -0.2) is 43.2 Å². The molecule has 2 atom stereocenters. The average Bonchev–Trinajstić information content (AvgIpc) is 3.43. The van der Waals surface area contributed by atoms with Crippen LogP contribution in [-0.2, 0) is 0 Å². The fourth-order valence-electron chi connectivity index (χ4n) is 5.05.